The number of alkyl halides is 6. The Balaban J connectivity index is 1.92. The summed E-state index contributed by atoms with van der Waals surface area (Å²) in [5.41, 5.74) is -4.34. The van der Waals surface area contributed by atoms with Gasteiger partial charge in [0.1, 0.15) is 28.9 Å². The lowest BCUT2D eigenvalue weighted by molar-refractivity contribution is -0.145. The molecule has 0 radical (unpaired) electrons. The number of aromatic nitrogens is 1. The minimum atomic E-state index is -5.23. The number of carbonyl (C=O) groups is 1. The van der Waals surface area contributed by atoms with E-state index in [0.717, 1.165) is 0 Å². The van der Waals surface area contributed by atoms with Gasteiger partial charge in [0, 0.05) is 6.54 Å². The van der Waals surface area contributed by atoms with Gasteiger partial charge in [-0.05, 0) is 24.6 Å². The maximum absolute atomic E-state index is 13.2. The number of carbonyl (C=O) groups excluding carboxylic acids is 1. The molecule has 0 saturated heterocycles. The lowest BCUT2D eigenvalue weighted by atomic mass is 10.1. The van der Waals surface area contributed by atoms with E-state index in [4.69, 9.17) is 10.00 Å². The summed E-state index contributed by atoms with van der Waals surface area (Å²) < 4.78 is 84.3. The minimum absolute atomic E-state index is 0.228. The SMILES string of the molecule is N#Cc1c(C(F)(F)F)cc(C(F)(F)F)nc1NCC(=O)N1CCCOc2ccccc21. The zero-order valence-electron chi connectivity index (χ0n) is 15.6. The second-order valence-corrected chi connectivity index (χ2v) is 6.45. The summed E-state index contributed by atoms with van der Waals surface area (Å²) in [6, 6.07) is 7.57. The van der Waals surface area contributed by atoms with E-state index in [2.05, 4.69) is 10.3 Å². The molecule has 0 bridgehead atoms. The van der Waals surface area contributed by atoms with Crippen molar-refractivity contribution in [3.63, 3.8) is 0 Å². The molecule has 0 aliphatic carbocycles. The monoisotopic (exact) mass is 444 g/mol. The van der Waals surface area contributed by atoms with Gasteiger partial charge >= 0.3 is 12.4 Å². The summed E-state index contributed by atoms with van der Waals surface area (Å²) in [4.78, 5) is 17.1. The molecule has 0 saturated carbocycles. The number of anilines is 2. The van der Waals surface area contributed by atoms with Crippen molar-refractivity contribution < 1.29 is 35.9 Å². The lowest BCUT2D eigenvalue weighted by Crippen LogP contribution is -2.36. The van der Waals surface area contributed by atoms with Crippen molar-refractivity contribution in [2.45, 2.75) is 18.8 Å². The maximum Gasteiger partial charge on any atom is 0.433 e. The number of halogens is 6. The molecular formula is C19H14F6N4O2. The van der Waals surface area contributed by atoms with Crippen molar-refractivity contribution in [2.24, 2.45) is 0 Å². The Labute approximate surface area is 172 Å². The van der Waals surface area contributed by atoms with E-state index in [0.29, 0.717) is 24.5 Å². The normalized spacial score (nSPS) is 14.2. The molecule has 6 nitrogen and oxygen atoms in total. The number of nitrogens with one attached hydrogen (secondary N) is 1. The van der Waals surface area contributed by atoms with Crippen molar-refractivity contribution in [1.29, 1.82) is 5.26 Å². The van der Waals surface area contributed by atoms with E-state index in [1.807, 2.05) is 0 Å². The highest BCUT2D eigenvalue weighted by Gasteiger charge is 2.41. The van der Waals surface area contributed by atoms with Gasteiger partial charge in [-0.2, -0.15) is 31.6 Å². The highest BCUT2D eigenvalue weighted by atomic mass is 19.4. The van der Waals surface area contributed by atoms with Gasteiger partial charge in [-0.15, -0.1) is 0 Å². The number of rotatable bonds is 3. The number of hydrogen-bond acceptors (Lipinski definition) is 5. The fraction of sp³-hybridized carbons (Fsp3) is 0.316. The van der Waals surface area contributed by atoms with Gasteiger partial charge < -0.3 is 15.0 Å². The Morgan fingerprint density at radius 2 is 1.90 bits per heavy atom. The number of hydrogen-bond donors (Lipinski definition) is 1. The molecule has 2 aromatic rings. The number of nitriles is 1. The van der Waals surface area contributed by atoms with Crippen LogP contribution in [-0.2, 0) is 17.1 Å². The molecule has 1 amide bonds. The number of amides is 1. The second kappa shape index (κ2) is 8.33. The zero-order valence-corrected chi connectivity index (χ0v) is 15.6. The molecule has 1 aliphatic heterocycles. The Kier molecular flexibility index (Phi) is 5.97. The first kappa shape index (κ1) is 22.2. The predicted octanol–water partition coefficient (Wildman–Crippen LogP) is 4.22. The predicted molar refractivity (Wildman–Crippen MR) is 96.4 cm³/mol. The number of fused-ring (bicyclic) bond motifs is 1. The average molecular weight is 444 g/mol. The quantitative estimate of drug-likeness (QED) is 0.718. The number of ether oxygens (including phenoxy) is 1. The van der Waals surface area contributed by atoms with Crippen molar-refractivity contribution in [3.8, 4) is 11.8 Å². The lowest BCUT2D eigenvalue weighted by Gasteiger charge is -2.22. The Morgan fingerprint density at radius 1 is 1.19 bits per heavy atom. The minimum Gasteiger partial charge on any atom is -0.491 e. The van der Waals surface area contributed by atoms with Crippen LogP contribution in [0.2, 0.25) is 0 Å². The van der Waals surface area contributed by atoms with E-state index in [1.165, 1.54) is 11.0 Å². The third-order valence-corrected chi connectivity index (χ3v) is 4.37. The molecule has 2 heterocycles. The van der Waals surface area contributed by atoms with Crippen LogP contribution < -0.4 is 15.0 Å². The second-order valence-electron chi connectivity index (χ2n) is 6.45. The Morgan fingerprint density at radius 3 is 2.55 bits per heavy atom. The van der Waals surface area contributed by atoms with Gasteiger partial charge in [0.15, 0.2) is 0 Å². The summed E-state index contributed by atoms with van der Waals surface area (Å²) in [7, 11) is 0. The molecule has 1 aromatic heterocycles. The summed E-state index contributed by atoms with van der Waals surface area (Å²) in [5, 5.41) is 11.3. The van der Waals surface area contributed by atoms with Gasteiger partial charge in [0.2, 0.25) is 5.91 Å². The van der Waals surface area contributed by atoms with Gasteiger partial charge in [-0.25, -0.2) is 4.98 Å². The fourth-order valence-electron chi connectivity index (χ4n) is 3.00. The third-order valence-electron chi connectivity index (χ3n) is 4.37. The van der Waals surface area contributed by atoms with Crippen LogP contribution in [0.15, 0.2) is 30.3 Å². The molecule has 3 rings (SSSR count). The molecule has 12 heteroatoms. The number of nitrogens with zero attached hydrogens (tertiary/aromatic N) is 3. The average Bonchev–Trinajstić information content (AvgIpc) is 2.92. The summed E-state index contributed by atoms with van der Waals surface area (Å²) in [6.07, 6.45) is -9.95. The maximum atomic E-state index is 13.2. The van der Waals surface area contributed by atoms with E-state index in [-0.39, 0.29) is 12.6 Å². The first-order valence-electron chi connectivity index (χ1n) is 8.88. The van der Waals surface area contributed by atoms with Crippen molar-refractivity contribution in [1.82, 2.24) is 4.98 Å². The molecule has 0 spiro atoms. The van der Waals surface area contributed by atoms with Crippen molar-refractivity contribution in [2.75, 3.05) is 29.9 Å². The van der Waals surface area contributed by atoms with Crippen LogP contribution in [0.1, 0.15) is 23.2 Å². The third kappa shape index (κ3) is 4.82. The molecule has 0 fully saturated rings. The van der Waals surface area contributed by atoms with Crippen LogP contribution in [0.25, 0.3) is 0 Å². The molecule has 164 valence electrons. The summed E-state index contributed by atoms with van der Waals surface area (Å²) in [6.45, 7) is -0.127. The van der Waals surface area contributed by atoms with E-state index >= 15 is 0 Å². The smallest absolute Gasteiger partial charge is 0.433 e. The van der Waals surface area contributed by atoms with Crippen LogP contribution in [0, 0.1) is 11.3 Å². The Hall–Kier alpha value is -3.49. The first-order valence-corrected chi connectivity index (χ1v) is 8.88. The molecular weight excluding hydrogens is 430 g/mol. The molecule has 31 heavy (non-hydrogen) atoms. The zero-order chi connectivity index (χ0) is 22.8. The molecule has 1 aliphatic rings. The van der Waals surface area contributed by atoms with E-state index < -0.39 is 47.4 Å². The van der Waals surface area contributed by atoms with E-state index in [9.17, 15) is 31.1 Å². The highest BCUT2D eigenvalue weighted by molar-refractivity contribution is 5.97. The standard InChI is InChI=1S/C19H14F6N4O2/c20-18(21,22)12-8-15(19(23,24)25)28-17(11(12)9-26)27-10-16(30)29-6-3-7-31-14-5-2-1-4-13(14)29/h1-2,4-5,8H,3,6-7,10H2,(H,27,28). The molecule has 0 unspecified atom stereocenters. The summed E-state index contributed by atoms with van der Waals surface area (Å²) >= 11 is 0. The largest absolute Gasteiger partial charge is 0.491 e. The number of benzene rings is 1. The molecule has 1 aromatic carbocycles. The van der Waals surface area contributed by atoms with Crippen LogP contribution in [-0.4, -0.2) is 30.6 Å². The Bertz CT molecular complexity index is 1030. The number of pyridine rings is 1. The van der Waals surface area contributed by atoms with Gasteiger partial charge in [0.05, 0.1) is 24.4 Å². The van der Waals surface area contributed by atoms with Gasteiger partial charge in [0.25, 0.3) is 0 Å². The fourth-order valence-corrected chi connectivity index (χ4v) is 3.00. The number of para-hydroxylation sites is 2. The van der Waals surface area contributed by atoms with Crippen LogP contribution in [0.4, 0.5) is 37.8 Å². The van der Waals surface area contributed by atoms with Gasteiger partial charge in [-0.3, -0.25) is 4.79 Å². The van der Waals surface area contributed by atoms with Crippen molar-refractivity contribution in [3.05, 3.63) is 47.2 Å². The first-order chi connectivity index (χ1) is 14.5. The highest BCUT2D eigenvalue weighted by Crippen LogP contribution is 2.38. The molecule has 0 atom stereocenters. The van der Waals surface area contributed by atoms with Crippen LogP contribution in [0.3, 0.4) is 0 Å². The van der Waals surface area contributed by atoms with Crippen LogP contribution >= 0.6 is 0 Å². The van der Waals surface area contributed by atoms with Crippen LogP contribution in [0.5, 0.6) is 5.75 Å². The van der Waals surface area contributed by atoms with Crippen molar-refractivity contribution >= 4 is 17.4 Å². The van der Waals surface area contributed by atoms with E-state index in [1.54, 1.807) is 24.3 Å². The molecule has 1 N–H and O–H groups in total. The topological polar surface area (TPSA) is 78.2 Å². The van der Waals surface area contributed by atoms with Gasteiger partial charge in [-0.1, -0.05) is 12.1 Å². The summed E-state index contributed by atoms with van der Waals surface area (Å²) in [5.74, 6) is -1.20.